The quantitative estimate of drug-likeness (QED) is 0.830. The number of carbonyl (C=O) groups is 1. The Morgan fingerprint density at radius 2 is 2.17 bits per heavy atom. The number of nitrogens with zero attached hydrogens (tertiary/aromatic N) is 1. The van der Waals surface area contributed by atoms with Gasteiger partial charge in [-0.25, -0.2) is 4.98 Å². The molecule has 18 heavy (non-hydrogen) atoms. The normalized spacial score (nSPS) is 13.2. The molecular formula is C10H10ClF3N2O2. The van der Waals surface area contributed by atoms with Gasteiger partial charge in [0.2, 0.25) is 0 Å². The van der Waals surface area contributed by atoms with Gasteiger partial charge in [0.25, 0.3) is 5.91 Å². The van der Waals surface area contributed by atoms with E-state index in [1.165, 1.54) is 12.1 Å². The van der Waals surface area contributed by atoms with Crippen molar-refractivity contribution in [2.45, 2.75) is 19.2 Å². The topological polar surface area (TPSA) is 62.2 Å². The van der Waals surface area contributed by atoms with Crippen molar-refractivity contribution in [1.29, 1.82) is 0 Å². The Hall–Kier alpha value is -1.34. The number of pyridine rings is 1. The Kier molecular flexibility index (Phi) is 4.53. The molecule has 0 saturated heterocycles. The summed E-state index contributed by atoms with van der Waals surface area (Å²) in [5.41, 5.74) is 0.531. The van der Waals surface area contributed by atoms with Crippen LogP contribution >= 0.6 is 11.6 Å². The predicted molar refractivity (Wildman–Crippen MR) is 58.4 cm³/mol. The Bertz CT molecular complexity index is 451. The smallest absolute Gasteiger partial charge is 0.382 e. The fraction of sp³-hybridized carbons (Fsp3) is 0.400. The van der Waals surface area contributed by atoms with Gasteiger partial charge in [-0.2, -0.15) is 13.2 Å². The van der Waals surface area contributed by atoms with Gasteiger partial charge in [-0.1, -0.05) is 17.7 Å². The minimum absolute atomic E-state index is 0.0963. The molecule has 1 rings (SSSR count). The summed E-state index contributed by atoms with van der Waals surface area (Å²) in [4.78, 5) is 15.1. The van der Waals surface area contributed by atoms with E-state index in [0.29, 0.717) is 5.56 Å². The molecule has 0 spiro atoms. The maximum absolute atomic E-state index is 12.0. The van der Waals surface area contributed by atoms with E-state index in [0.717, 1.165) is 0 Å². The summed E-state index contributed by atoms with van der Waals surface area (Å²) < 4.78 is 35.9. The van der Waals surface area contributed by atoms with Crippen LogP contribution in [-0.4, -0.2) is 34.8 Å². The van der Waals surface area contributed by atoms with Gasteiger partial charge in [-0.3, -0.25) is 4.79 Å². The van der Waals surface area contributed by atoms with Crippen molar-refractivity contribution in [2.24, 2.45) is 0 Å². The summed E-state index contributed by atoms with van der Waals surface area (Å²) in [6.07, 6.45) is -7.38. The summed E-state index contributed by atoms with van der Waals surface area (Å²) in [5.74, 6) is -0.833. The monoisotopic (exact) mass is 282 g/mol. The largest absolute Gasteiger partial charge is 0.416 e. The van der Waals surface area contributed by atoms with Crippen molar-refractivity contribution >= 4 is 17.5 Å². The highest BCUT2D eigenvalue weighted by atomic mass is 35.5. The average Bonchev–Trinajstić information content (AvgIpc) is 2.27. The van der Waals surface area contributed by atoms with Gasteiger partial charge in [0.05, 0.1) is 6.54 Å². The second-order valence-corrected chi connectivity index (χ2v) is 3.93. The second kappa shape index (κ2) is 5.53. The van der Waals surface area contributed by atoms with Gasteiger partial charge in [-0.05, 0) is 18.6 Å². The van der Waals surface area contributed by atoms with Gasteiger partial charge in [0.15, 0.2) is 6.10 Å². The molecule has 0 fully saturated rings. The lowest BCUT2D eigenvalue weighted by atomic mass is 10.2. The number of rotatable bonds is 3. The molecule has 0 aliphatic rings. The highest BCUT2D eigenvalue weighted by molar-refractivity contribution is 6.30. The molecule has 0 radical (unpaired) electrons. The standard InChI is InChI=1S/C10H10ClF3N2O2/c1-5-2-3-6(16-8(5)11)9(18)15-4-7(17)10(12,13)14/h2-3,7,17H,4H2,1H3,(H,15,18). The van der Waals surface area contributed by atoms with Crippen molar-refractivity contribution in [3.8, 4) is 0 Å². The first-order valence-corrected chi connectivity index (χ1v) is 5.25. The second-order valence-electron chi connectivity index (χ2n) is 3.57. The molecule has 1 aromatic rings. The molecule has 0 aromatic carbocycles. The molecule has 100 valence electrons. The molecule has 0 aliphatic heterocycles. The van der Waals surface area contributed by atoms with E-state index in [1.807, 2.05) is 5.32 Å². The summed E-state index contributed by atoms with van der Waals surface area (Å²) in [6, 6.07) is 2.85. The fourth-order valence-electron chi connectivity index (χ4n) is 1.03. The summed E-state index contributed by atoms with van der Waals surface area (Å²) >= 11 is 5.67. The number of alkyl halides is 3. The van der Waals surface area contributed by atoms with E-state index in [1.54, 1.807) is 6.92 Å². The Morgan fingerprint density at radius 1 is 1.56 bits per heavy atom. The van der Waals surface area contributed by atoms with Crippen LogP contribution in [-0.2, 0) is 0 Å². The fourth-order valence-corrected chi connectivity index (χ4v) is 1.18. The number of aromatic nitrogens is 1. The number of aliphatic hydroxyl groups is 1. The SMILES string of the molecule is Cc1ccc(C(=O)NCC(O)C(F)(F)F)nc1Cl. The van der Waals surface area contributed by atoms with Crippen LogP contribution in [0.15, 0.2) is 12.1 Å². The van der Waals surface area contributed by atoms with E-state index >= 15 is 0 Å². The molecule has 0 bridgehead atoms. The van der Waals surface area contributed by atoms with Crippen LogP contribution in [0.1, 0.15) is 16.1 Å². The van der Waals surface area contributed by atoms with E-state index in [-0.39, 0.29) is 10.8 Å². The van der Waals surface area contributed by atoms with Crippen LogP contribution in [0.5, 0.6) is 0 Å². The molecule has 1 atom stereocenters. The van der Waals surface area contributed by atoms with Crippen molar-refractivity contribution in [3.05, 3.63) is 28.5 Å². The molecular weight excluding hydrogens is 273 g/mol. The molecule has 4 nitrogen and oxygen atoms in total. The number of aryl methyl sites for hydroxylation is 1. The first kappa shape index (κ1) is 14.7. The van der Waals surface area contributed by atoms with Crippen LogP contribution in [0.3, 0.4) is 0 Å². The number of amides is 1. The molecule has 0 aliphatic carbocycles. The van der Waals surface area contributed by atoms with Crippen molar-refractivity contribution in [2.75, 3.05) is 6.54 Å². The molecule has 8 heteroatoms. The minimum Gasteiger partial charge on any atom is -0.382 e. The van der Waals surface area contributed by atoms with Gasteiger partial charge in [0, 0.05) is 0 Å². The molecule has 1 amide bonds. The van der Waals surface area contributed by atoms with Gasteiger partial charge >= 0.3 is 6.18 Å². The third-order valence-corrected chi connectivity index (χ3v) is 2.48. The highest BCUT2D eigenvalue weighted by Gasteiger charge is 2.38. The third kappa shape index (κ3) is 3.85. The number of carbonyl (C=O) groups excluding carboxylic acids is 1. The Labute approximate surface area is 106 Å². The van der Waals surface area contributed by atoms with Crippen LogP contribution < -0.4 is 5.32 Å². The molecule has 1 aromatic heterocycles. The van der Waals surface area contributed by atoms with E-state index in [2.05, 4.69) is 4.98 Å². The number of aliphatic hydroxyl groups excluding tert-OH is 1. The van der Waals surface area contributed by atoms with Crippen LogP contribution in [0.2, 0.25) is 5.15 Å². The number of nitrogens with one attached hydrogen (secondary N) is 1. The minimum atomic E-state index is -4.77. The summed E-state index contributed by atoms with van der Waals surface area (Å²) in [7, 11) is 0. The Morgan fingerprint density at radius 3 is 2.67 bits per heavy atom. The lowest BCUT2D eigenvalue weighted by Gasteiger charge is -2.14. The first-order chi connectivity index (χ1) is 8.21. The van der Waals surface area contributed by atoms with E-state index in [4.69, 9.17) is 16.7 Å². The maximum atomic E-state index is 12.0. The molecule has 0 saturated carbocycles. The zero-order valence-corrected chi connectivity index (χ0v) is 10.0. The zero-order chi connectivity index (χ0) is 13.9. The number of halogens is 4. The third-order valence-electron chi connectivity index (χ3n) is 2.10. The lowest BCUT2D eigenvalue weighted by molar-refractivity contribution is -0.201. The predicted octanol–water partition coefficient (Wildman–Crippen LogP) is 1.70. The Balaban J connectivity index is 2.63. The van der Waals surface area contributed by atoms with Crippen molar-refractivity contribution in [3.63, 3.8) is 0 Å². The van der Waals surface area contributed by atoms with Crippen LogP contribution in [0.25, 0.3) is 0 Å². The highest BCUT2D eigenvalue weighted by Crippen LogP contribution is 2.19. The molecule has 2 N–H and O–H groups in total. The first-order valence-electron chi connectivity index (χ1n) is 4.88. The average molecular weight is 283 g/mol. The van der Waals surface area contributed by atoms with Crippen molar-refractivity contribution < 1.29 is 23.1 Å². The van der Waals surface area contributed by atoms with Gasteiger partial charge < -0.3 is 10.4 Å². The van der Waals surface area contributed by atoms with Crippen LogP contribution in [0.4, 0.5) is 13.2 Å². The van der Waals surface area contributed by atoms with Gasteiger partial charge in [0.1, 0.15) is 10.8 Å². The maximum Gasteiger partial charge on any atom is 0.416 e. The zero-order valence-electron chi connectivity index (χ0n) is 9.25. The van der Waals surface area contributed by atoms with Gasteiger partial charge in [-0.15, -0.1) is 0 Å². The van der Waals surface area contributed by atoms with Crippen LogP contribution in [0, 0.1) is 6.92 Å². The summed E-state index contributed by atoms with van der Waals surface area (Å²) in [6.45, 7) is 0.736. The lowest BCUT2D eigenvalue weighted by Crippen LogP contribution is -2.40. The molecule has 1 heterocycles. The number of hydrogen-bond acceptors (Lipinski definition) is 3. The van der Waals surface area contributed by atoms with E-state index < -0.39 is 24.7 Å². The van der Waals surface area contributed by atoms with Crippen molar-refractivity contribution in [1.82, 2.24) is 10.3 Å². The van der Waals surface area contributed by atoms with E-state index in [9.17, 15) is 18.0 Å². The summed E-state index contributed by atoms with van der Waals surface area (Å²) in [5, 5.41) is 10.7. The number of hydrogen-bond donors (Lipinski definition) is 2. The molecule has 1 unspecified atom stereocenters.